The minimum atomic E-state index is -2.43. The summed E-state index contributed by atoms with van der Waals surface area (Å²) >= 11 is 0. The fourth-order valence-corrected chi connectivity index (χ4v) is 8.30. The van der Waals surface area contributed by atoms with Crippen molar-refractivity contribution in [1.29, 1.82) is 0 Å². The van der Waals surface area contributed by atoms with Crippen molar-refractivity contribution in [2.45, 2.75) is 53.3 Å². The minimum Gasteiger partial charge on any atom is -0.451 e. The first-order valence-electron chi connectivity index (χ1n) is 19.3. The van der Waals surface area contributed by atoms with Crippen LogP contribution in [0.1, 0.15) is 66.0 Å². The number of para-hydroxylation sites is 3. The van der Waals surface area contributed by atoms with Gasteiger partial charge in [0.05, 0.1) is 12.6 Å². The molecule has 0 radical (unpaired) electrons. The van der Waals surface area contributed by atoms with Crippen LogP contribution in [0, 0.1) is 13.8 Å². The summed E-state index contributed by atoms with van der Waals surface area (Å²) in [5, 5.41) is 2.24. The average Bonchev–Trinajstić information content (AvgIpc) is 3.78. The maximum Gasteiger partial charge on any atom is 0.299 e. The molecule has 5 nitrogen and oxygen atoms in total. The van der Waals surface area contributed by atoms with Crippen molar-refractivity contribution < 1.29 is 13.1 Å². The van der Waals surface area contributed by atoms with E-state index in [9.17, 15) is 0 Å². The summed E-state index contributed by atoms with van der Waals surface area (Å²) in [4.78, 5) is 4.97. The van der Waals surface area contributed by atoms with Gasteiger partial charge >= 0.3 is 0 Å². The standard InChI is InChI=1S/C46H43N4O/c1-26(2)34-24-31(30-16-10-9-11-17-30)25-35(27(3)4)42(34)50-38-21-15-14-20-37(38)49(8)46(50)39-28(5)22-23-33-41-45(51-44(33)39)43-40(29(6)47-41)32-18-12-13-19-36(32)48(43)7/h9-27H,1-8H3/q+1/i6D3. The van der Waals surface area contributed by atoms with Crippen LogP contribution < -0.4 is 4.57 Å². The predicted molar refractivity (Wildman–Crippen MR) is 212 cm³/mol. The summed E-state index contributed by atoms with van der Waals surface area (Å²) in [5.74, 6) is 1.44. The monoisotopic (exact) mass is 670 g/mol. The van der Waals surface area contributed by atoms with E-state index in [-0.39, 0.29) is 17.5 Å². The van der Waals surface area contributed by atoms with Gasteiger partial charge in [-0.1, -0.05) is 94.4 Å². The Labute approximate surface area is 302 Å². The van der Waals surface area contributed by atoms with Crippen molar-refractivity contribution in [3.8, 4) is 28.2 Å². The Morgan fingerprint density at radius 1 is 0.745 bits per heavy atom. The molecule has 9 rings (SSSR count). The molecule has 0 atom stereocenters. The number of rotatable bonds is 5. The van der Waals surface area contributed by atoms with E-state index < -0.39 is 6.85 Å². The Morgan fingerprint density at radius 3 is 2.12 bits per heavy atom. The van der Waals surface area contributed by atoms with Crippen LogP contribution in [0.2, 0.25) is 0 Å². The van der Waals surface area contributed by atoms with Gasteiger partial charge in [-0.15, -0.1) is 0 Å². The lowest BCUT2D eigenvalue weighted by molar-refractivity contribution is -0.633. The largest absolute Gasteiger partial charge is 0.451 e. The Bertz CT molecular complexity index is 2930. The molecule has 0 aliphatic heterocycles. The van der Waals surface area contributed by atoms with Crippen LogP contribution in [0.15, 0.2) is 108 Å². The lowest BCUT2D eigenvalue weighted by Crippen LogP contribution is -2.30. The van der Waals surface area contributed by atoms with E-state index in [1.54, 1.807) is 0 Å². The van der Waals surface area contributed by atoms with E-state index in [0.717, 1.165) is 49.8 Å². The SMILES string of the molecule is [2H]C([2H])([2H])c1nc2c3ccc(C)c(-c4n(-c5c(C(C)C)cc(-c6ccccc6)cc5C(C)C)c5ccccc5[n+]4C)c3oc2c2c1c1ccccc1n2C. The highest BCUT2D eigenvalue weighted by atomic mass is 16.3. The molecule has 9 aromatic rings. The molecule has 0 saturated heterocycles. The molecule has 0 aliphatic carbocycles. The van der Waals surface area contributed by atoms with Gasteiger partial charge in [-0.3, -0.25) is 0 Å². The van der Waals surface area contributed by atoms with Crippen LogP contribution in [-0.4, -0.2) is 14.1 Å². The molecular weight excluding hydrogens is 625 g/mol. The number of fused-ring (bicyclic) bond motifs is 8. The summed E-state index contributed by atoms with van der Waals surface area (Å²) in [6, 6.07) is 36.0. The van der Waals surface area contributed by atoms with Gasteiger partial charge in [-0.05, 0) is 78.7 Å². The Morgan fingerprint density at radius 2 is 1.41 bits per heavy atom. The summed E-state index contributed by atoms with van der Waals surface area (Å²) in [6.45, 7) is 8.80. The van der Waals surface area contributed by atoms with Crippen molar-refractivity contribution in [3.05, 3.63) is 126 Å². The first-order chi connectivity index (χ1) is 25.9. The predicted octanol–water partition coefficient (Wildman–Crippen LogP) is 11.6. The molecule has 0 aliphatic rings. The zero-order chi connectivity index (χ0) is 37.8. The summed E-state index contributed by atoms with van der Waals surface area (Å²) < 4.78 is 39.7. The molecule has 5 heteroatoms. The van der Waals surface area contributed by atoms with Crippen molar-refractivity contribution in [2.24, 2.45) is 14.1 Å². The van der Waals surface area contributed by atoms with Gasteiger partial charge in [-0.25, -0.2) is 9.55 Å². The van der Waals surface area contributed by atoms with Crippen LogP contribution in [0.4, 0.5) is 0 Å². The Balaban J connectivity index is 1.45. The number of nitrogens with zero attached hydrogens (tertiary/aromatic N) is 4. The Hall–Kier alpha value is -5.68. The van der Waals surface area contributed by atoms with Crippen LogP contribution in [0.3, 0.4) is 0 Å². The van der Waals surface area contributed by atoms with Crippen LogP contribution in [0.25, 0.3) is 83.1 Å². The summed E-state index contributed by atoms with van der Waals surface area (Å²) in [7, 11) is 4.11. The van der Waals surface area contributed by atoms with Crippen LogP contribution in [0.5, 0.6) is 0 Å². The fourth-order valence-electron chi connectivity index (χ4n) is 8.30. The van der Waals surface area contributed by atoms with Crippen molar-refractivity contribution in [3.63, 3.8) is 0 Å². The second kappa shape index (κ2) is 11.4. The Kier molecular flexibility index (Phi) is 6.29. The summed E-state index contributed by atoms with van der Waals surface area (Å²) in [5.41, 5.74) is 13.9. The molecule has 0 unspecified atom stereocenters. The smallest absolute Gasteiger partial charge is 0.299 e. The number of aromatic nitrogens is 4. The highest BCUT2D eigenvalue weighted by Gasteiger charge is 2.34. The van der Waals surface area contributed by atoms with E-state index in [1.165, 1.54) is 27.9 Å². The highest BCUT2D eigenvalue weighted by molar-refractivity contribution is 6.21. The minimum absolute atomic E-state index is 0.0907. The average molecular weight is 671 g/mol. The quantitative estimate of drug-likeness (QED) is 0.171. The van der Waals surface area contributed by atoms with Crippen molar-refractivity contribution >= 4 is 54.9 Å². The number of benzene rings is 5. The number of hydrogen-bond acceptors (Lipinski definition) is 2. The third kappa shape index (κ3) is 4.47. The fraction of sp³-hybridized carbons (Fsp3) is 0.217. The number of imidazole rings is 1. The maximum atomic E-state index is 8.60. The molecule has 5 aromatic carbocycles. The molecule has 4 heterocycles. The number of aryl methyl sites for hydroxylation is 4. The van der Waals surface area contributed by atoms with Gasteiger partial charge < -0.3 is 8.98 Å². The third-order valence-corrected chi connectivity index (χ3v) is 10.8. The lowest BCUT2D eigenvalue weighted by Gasteiger charge is -2.21. The van der Waals surface area contributed by atoms with Crippen LogP contribution in [-0.2, 0) is 14.1 Å². The van der Waals surface area contributed by atoms with Gasteiger partial charge in [0.25, 0.3) is 5.82 Å². The zero-order valence-corrected chi connectivity index (χ0v) is 30.2. The maximum absolute atomic E-state index is 8.60. The molecule has 0 N–H and O–H groups in total. The van der Waals surface area contributed by atoms with E-state index in [4.69, 9.17) is 13.5 Å². The van der Waals surface area contributed by atoms with Gasteiger partial charge in [0.1, 0.15) is 16.8 Å². The lowest BCUT2D eigenvalue weighted by atomic mass is 9.88. The highest BCUT2D eigenvalue weighted by Crippen LogP contribution is 2.45. The molecule has 4 aromatic heterocycles. The van der Waals surface area contributed by atoms with E-state index >= 15 is 0 Å². The molecule has 0 bridgehead atoms. The van der Waals surface area contributed by atoms with E-state index in [0.29, 0.717) is 22.1 Å². The molecule has 0 spiro atoms. The molecule has 252 valence electrons. The van der Waals surface area contributed by atoms with E-state index in [2.05, 4.69) is 124 Å². The number of hydrogen-bond donors (Lipinski definition) is 0. The van der Waals surface area contributed by atoms with Crippen molar-refractivity contribution in [2.75, 3.05) is 0 Å². The van der Waals surface area contributed by atoms with Gasteiger partial charge in [0, 0.05) is 49.7 Å². The van der Waals surface area contributed by atoms with E-state index in [1.807, 2.05) is 41.9 Å². The van der Waals surface area contributed by atoms with Crippen molar-refractivity contribution in [1.82, 2.24) is 14.1 Å². The molecular formula is C46H43N4O+. The second-order valence-electron chi connectivity index (χ2n) is 14.6. The molecule has 0 saturated carbocycles. The van der Waals surface area contributed by atoms with Gasteiger partial charge in [0.15, 0.2) is 22.2 Å². The molecule has 0 amide bonds. The molecule has 51 heavy (non-hydrogen) atoms. The number of furan rings is 1. The topological polar surface area (TPSA) is 39.8 Å². The normalized spacial score (nSPS) is 13.4. The van der Waals surface area contributed by atoms with Gasteiger partial charge in [-0.2, -0.15) is 4.57 Å². The summed E-state index contributed by atoms with van der Waals surface area (Å²) in [6.07, 6.45) is 0. The first kappa shape index (κ1) is 28.1. The zero-order valence-electron chi connectivity index (χ0n) is 33.2. The second-order valence-corrected chi connectivity index (χ2v) is 14.6. The third-order valence-electron chi connectivity index (χ3n) is 10.8. The van der Waals surface area contributed by atoms with Gasteiger partial charge in [0.2, 0.25) is 0 Å². The molecule has 0 fully saturated rings. The van der Waals surface area contributed by atoms with Crippen LogP contribution >= 0.6 is 0 Å². The first-order valence-corrected chi connectivity index (χ1v) is 17.8. The number of pyridine rings is 1.